The smallest absolute Gasteiger partial charge is 0.239 e. The van der Waals surface area contributed by atoms with Crippen LogP contribution in [0.3, 0.4) is 0 Å². The van der Waals surface area contributed by atoms with Crippen molar-refractivity contribution in [2.45, 2.75) is 64.3 Å². The number of amides is 1. The predicted molar refractivity (Wildman–Crippen MR) is 76.9 cm³/mol. The maximum Gasteiger partial charge on any atom is 0.239 e. The van der Waals surface area contributed by atoms with Crippen molar-refractivity contribution in [1.82, 2.24) is 10.2 Å². The van der Waals surface area contributed by atoms with Crippen LogP contribution in [-0.4, -0.2) is 36.5 Å². The number of rotatable bonds is 1. The number of hydrogen-bond acceptors (Lipinski definition) is 2. The van der Waals surface area contributed by atoms with Gasteiger partial charge in [-0.15, -0.1) is 0 Å². The molecule has 1 saturated carbocycles. The van der Waals surface area contributed by atoms with Gasteiger partial charge in [0.15, 0.2) is 0 Å². The molecule has 3 fully saturated rings. The molecule has 0 bridgehead atoms. The highest BCUT2D eigenvalue weighted by molar-refractivity contribution is 5.82. The maximum atomic E-state index is 12.6. The molecule has 3 rings (SSSR count). The highest BCUT2D eigenvalue weighted by atomic mass is 16.2. The average molecular weight is 264 g/mol. The van der Waals surface area contributed by atoms with Crippen molar-refractivity contribution >= 4 is 5.91 Å². The standard InChI is InChI=1S/C16H28N2O/c1-13-4-9-17-14(12-13)15(19)18-10-7-16(8-11-18)5-2-3-6-16/h13-14,17H,2-12H2,1H3. The maximum absolute atomic E-state index is 12.6. The molecule has 2 aliphatic heterocycles. The molecule has 1 spiro atoms. The molecule has 2 unspecified atom stereocenters. The fourth-order valence-electron chi connectivity index (χ4n) is 4.34. The normalized spacial score (nSPS) is 34.7. The number of nitrogens with one attached hydrogen (secondary N) is 1. The summed E-state index contributed by atoms with van der Waals surface area (Å²) in [7, 11) is 0. The van der Waals surface area contributed by atoms with Crippen molar-refractivity contribution in [3.8, 4) is 0 Å². The van der Waals surface area contributed by atoms with E-state index in [9.17, 15) is 4.79 Å². The molecule has 0 aromatic rings. The van der Waals surface area contributed by atoms with Crippen LogP contribution in [0, 0.1) is 11.3 Å². The molecule has 19 heavy (non-hydrogen) atoms. The molecule has 1 N–H and O–H groups in total. The van der Waals surface area contributed by atoms with Crippen LogP contribution in [-0.2, 0) is 4.79 Å². The van der Waals surface area contributed by atoms with Crippen LogP contribution in [0.4, 0.5) is 0 Å². The monoisotopic (exact) mass is 264 g/mol. The minimum absolute atomic E-state index is 0.0985. The first-order valence-corrected chi connectivity index (χ1v) is 8.21. The highest BCUT2D eigenvalue weighted by Crippen LogP contribution is 2.46. The van der Waals surface area contributed by atoms with Crippen LogP contribution in [0.25, 0.3) is 0 Å². The molecular weight excluding hydrogens is 236 g/mol. The minimum atomic E-state index is 0.0985. The zero-order chi connectivity index (χ0) is 13.3. The van der Waals surface area contributed by atoms with Crippen molar-refractivity contribution in [2.24, 2.45) is 11.3 Å². The van der Waals surface area contributed by atoms with E-state index >= 15 is 0 Å². The van der Waals surface area contributed by atoms with Gasteiger partial charge < -0.3 is 10.2 Å². The quantitative estimate of drug-likeness (QED) is 0.789. The molecular formula is C16H28N2O. The molecule has 0 aromatic carbocycles. The molecule has 2 atom stereocenters. The van der Waals surface area contributed by atoms with Gasteiger partial charge in [0.05, 0.1) is 6.04 Å². The third-order valence-corrected chi connectivity index (χ3v) is 5.76. The van der Waals surface area contributed by atoms with Crippen LogP contribution < -0.4 is 5.32 Å². The van der Waals surface area contributed by atoms with Crippen molar-refractivity contribution in [1.29, 1.82) is 0 Å². The summed E-state index contributed by atoms with van der Waals surface area (Å²) >= 11 is 0. The number of carbonyl (C=O) groups is 1. The van der Waals surface area contributed by atoms with Crippen molar-refractivity contribution in [2.75, 3.05) is 19.6 Å². The summed E-state index contributed by atoms with van der Waals surface area (Å²) in [5, 5.41) is 3.42. The van der Waals surface area contributed by atoms with Gasteiger partial charge in [0.2, 0.25) is 5.91 Å². The fraction of sp³-hybridized carbons (Fsp3) is 0.938. The number of hydrogen-bond donors (Lipinski definition) is 1. The molecule has 3 aliphatic rings. The summed E-state index contributed by atoms with van der Waals surface area (Å²) in [4.78, 5) is 14.7. The molecule has 1 amide bonds. The molecule has 1 aliphatic carbocycles. The van der Waals surface area contributed by atoms with E-state index in [1.165, 1.54) is 44.9 Å². The Balaban J connectivity index is 1.54. The van der Waals surface area contributed by atoms with Crippen molar-refractivity contribution in [3.63, 3.8) is 0 Å². The molecule has 3 heteroatoms. The minimum Gasteiger partial charge on any atom is -0.341 e. The lowest BCUT2D eigenvalue weighted by atomic mass is 9.77. The molecule has 0 radical (unpaired) electrons. The molecule has 2 heterocycles. The Morgan fingerprint density at radius 2 is 1.84 bits per heavy atom. The largest absolute Gasteiger partial charge is 0.341 e. The van der Waals surface area contributed by atoms with E-state index in [0.29, 0.717) is 17.2 Å². The fourth-order valence-corrected chi connectivity index (χ4v) is 4.34. The molecule has 3 nitrogen and oxygen atoms in total. The van der Waals surface area contributed by atoms with E-state index in [4.69, 9.17) is 0 Å². The topological polar surface area (TPSA) is 32.3 Å². The third-order valence-electron chi connectivity index (χ3n) is 5.76. The molecule has 2 saturated heterocycles. The first kappa shape index (κ1) is 13.4. The van der Waals surface area contributed by atoms with Crippen LogP contribution in [0.2, 0.25) is 0 Å². The zero-order valence-electron chi connectivity index (χ0n) is 12.3. The Morgan fingerprint density at radius 1 is 1.16 bits per heavy atom. The Labute approximate surface area is 117 Å². The van der Waals surface area contributed by atoms with E-state index in [1.807, 2.05) is 0 Å². The van der Waals surface area contributed by atoms with Crippen LogP contribution in [0.1, 0.15) is 58.3 Å². The van der Waals surface area contributed by atoms with Gasteiger partial charge in [-0.3, -0.25) is 4.79 Å². The SMILES string of the molecule is CC1CCNC(C(=O)N2CCC3(CCCC3)CC2)C1. The van der Waals surface area contributed by atoms with Gasteiger partial charge in [0.25, 0.3) is 0 Å². The summed E-state index contributed by atoms with van der Waals surface area (Å²) in [6.07, 6.45) is 10.4. The second kappa shape index (κ2) is 5.43. The summed E-state index contributed by atoms with van der Waals surface area (Å²) < 4.78 is 0. The lowest BCUT2D eigenvalue weighted by Crippen LogP contribution is -2.52. The molecule has 108 valence electrons. The van der Waals surface area contributed by atoms with Gasteiger partial charge in [0.1, 0.15) is 0 Å². The summed E-state index contributed by atoms with van der Waals surface area (Å²) in [5.41, 5.74) is 0.615. The van der Waals surface area contributed by atoms with Gasteiger partial charge in [-0.1, -0.05) is 19.8 Å². The Hall–Kier alpha value is -0.570. The average Bonchev–Trinajstić information content (AvgIpc) is 2.87. The van der Waals surface area contributed by atoms with Crippen LogP contribution in [0.5, 0.6) is 0 Å². The Bertz CT molecular complexity index is 326. The van der Waals surface area contributed by atoms with Gasteiger partial charge in [-0.05, 0) is 56.4 Å². The van der Waals surface area contributed by atoms with E-state index in [-0.39, 0.29) is 6.04 Å². The van der Waals surface area contributed by atoms with Crippen molar-refractivity contribution < 1.29 is 4.79 Å². The first-order valence-electron chi connectivity index (χ1n) is 8.21. The summed E-state index contributed by atoms with van der Waals surface area (Å²) in [6.45, 7) is 5.29. The molecule has 0 aromatic heterocycles. The highest BCUT2D eigenvalue weighted by Gasteiger charge is 2.39. The lowest BCUT2D eigenvalue weighted by molar-refractivity contribution is -0.136. The van der Waals surface area contributed by atoms with E-state index in [1.54, 1.807) is 0 Å². The summed E-state index contributed by atoms with van der Waals surface area (Å²) in [6, 6.07) is 0.0985. The zero-order valence-corrected chi connectivity index (χ0v) is 12.3. The Kier molecular flexibility index (Phi) is 3.84. The second-order valence-electron chi connectivity index (χ2n) is 7.17. The van der Waals surface area contributed by atoms with E-state index in [2.05, 4.69) is 17.1 Å². The van der Waals surface area contributed by atoms with Crippen LogP contribution >= 0.6 is 0 Å². The first-order chi connectivity index (χ1) is 9.19. The third kappa shape index (κ3) is 2.81. The van der Waals surface area contributed by atoms with Gasteiger partial charge in [0, 0.05) is 13.1 Å². The van der Waals surface area contributed by atoms with Gasteiger partial charge in [-0.25, -0.2) is 0 Å². The number of piperidine rings is 2. The number of likely N-dealkylation sites (tertiary alicyclic amines) is 1. The van der Waals surface area contributed by atoms with E-state index < -0.39 is 0 Å². The van der Waals surface area contributed by atoms with Gasteiger partial charge >= 0.3 is 0 Å². The number of carbonyl (C=O) groups excluding carboxylic acids is 1. The second-order valence-corrected chi connectivity index (χ2v) is 7.17. The number of nitrogens with zero attached hydrogens (tertiary/aromatic N) is 1. The Morgan fingerprint density at radius 3 is 2.47 bits per heavy atom. The van der Waals surface area contributed by atoms with E-state index in [0.717, 1.165) is 26.1 Å². The lowest BCUT2D eigenvalue weighted by Gasteiger charge is -2.41. The van der Waals surface area contributed by atoms with Gasteiger partial charge in [-0.2, -0.15) is 0 Å². The predicted octanol–water partition coefficient (Wildman–Crippen LogP) is 2.56. The van der Waals surface area contributed by atoms with Crippen molar-refractivity contribution in [3.05, 3.63) is 0 Å². The summed E-state index contributed by atoms with van der Waals surface area (Å²) in [5.74, 6) is 1.07. The van der Waals surface area contributed by atoms with Crippen LogP contribution in [0.15, 0.2) is 0 Å².